The molecule has 11 rings (SSSR count). The predicted molar refractivity (Wildman–Crippen MR) is 239 cm³/mol. The van der Waals surface area contributed by atoms with E-state index in [1.807, 2.05) is 24.3 Å². The Morgan fingerprint density at radius 2 is 0.776 bits per heavy atom. The Morgan fingerprint density at radius 1 is 0.310 bits per heavy atom. The van der Waals surface area contributed by atoms with Crippen molar-refractivity contribution < 1.29 is 0 Å². The number of benzene rings is 8. The molecule has 2 heteroatoms. The zero-order valence-electron chi connectivity index (χ0n) is 32.5. The van der Waals surface area contributed by atoms with Crippen molar-refractivity contribution in [3.63, 3.8) is 0 Å². The van der Waals surface area contributed by atoms with Crippen molar-refractivity contribution in [3.8, 4) is 67.3 Å². The van der Waals surface area contributed by atoms with E-state index in [0.29, 0.717) is 0 Å². The Balaban J connectivity index is 1.02. The van der Waals surface area contributed by atoms with E-state index in [2.05, 4.69) is 196 Å². The van der Waals surface area contributed by atoms with Gasteiger partial charge in [-0.15, -0.1) is 0 Å². The van der Waals surface area contributed by atoms with Gasteiger partial charge in [-0.05, 0) is 78.9 Å². The van der Waals surface area contributed by atoms with E-state index in [9.17, 15) is 0 Å². The van der Waals surface area contributed by atoms with Gasteiger partial charge in [0, 0.05) is 22.1 Å². The van der Waals surface area contributed by atoms with Crippen LogP contribution in [0.5, 0.6) is 0 Å². The molecule has 0 atom stereocenters. The van der Waals surface area contributed by atoms with Crippen molar-refractivity contribution in [1.82, 2.24) is 9.97 Å². The van der Waals surface area contributed by atoms with Gasteiger partial charge in [-0.25, -0.2) is 9.97 Å². The minimum absolute atomic E-state index is 0.122. The first-order chi connectivity index (χ1) is 28.5. The van der Waals surface area contributed by atoms with E-state index in [1.165, 1.54) is 55.6 Å². The minimum Gasteiger partial charge on any atom is -0.228 e. The van der Waals surface area contributed by atoms with Crippen LogP contribution in [-0.4, -0.2) is 9.97 Å². The van der Waals surface area contributed by atoms with Crippen molar-refractivity contribution in [2.24, 2.45) is 0 Å². The fourth-order valence-corrected chi connectivity index (χ4v) is 9.92. The lowest BCUT2D eigenvalue weighted by molar-refractivity contribution is 0.563. The highest BCUT2D eigenvalue weighted by Crippen LogP contribution is 2.63. The molecule has 1 aromatic heterocycles. The maximum absolute atomic E-state index is 5.10. The van der Waals surface area contributed by atoms with E-state index < -0.39 is 5.41 Å². The Morgan fingerprint density at radius 3 is 1.45 bits per heavy atom. The van der Waals surface area contributed by atoms with Gasteiger partial charge in [-0.2, -0.15) is 0 Å². The maximum atomic E-state index is 5.10. The number of aromatic nitrogens is 2. The van der Waals surface area contributed by atoms with Gasteiger partial charge in [0.15, 0.2) is 5.82 Å². The van der Waals surface area contributed by atoms with Crippen molar-refractivity contribution >= 4 is 0 Å². The summed E-state index contributed by atoms with van der Waals surface area (Å²) < 4.78 is 0. The summed E-state index contributed by atoms with van der Waals surface area (Å²) in [5.41, 5.74) is 20.0. The first kappa shape index (κ1) is 34.1. The van der Waals surface area contributed by atoms with Crippen molar-refractivity contribution in [1.29, 1.82) is 0 Å². The molecule has 0 amide bonds. The molecule has 2 aliphatic carbocycles. The minimum atomic E-state index is -0.410. The molecule has 0 fully saturated rings. The molecule has 1 heterocycles. The average molecular weight is 741 g/mol. The molecule has 58 heavy (non-hydrogen) atoms. The Kier molecular flexibility index (Phi) is 7.78. The van der Waals surface area contributed by atoms with Gasteiger partial charge < -0.3 is 0 Å². The quantitative estimate of drug-likeness (QED) is 0.176. The van der Waals surface area contributed by atoms with Crippen LogP contribution in [0.4, 0.5) is 0 Å². The predicted octanol–water partition coefficient (Wildman–Crippen LogP) is 13.8. The number of nitrogens with zero attached hydrogens (tertiary/aromatic N) is 2. The summed E-state index contributed by atoms with van der Waals surface area (Å²) in [6, 6.07) is 74.9. The van der Waals surface area contributed by atoms with E-state index in [4.69, 9.17) is 9.97 Å². The van der Waals surface area contributed by atoms with Crippen LogP contribution in [0.2, 0.25) is 0 Å². The Labute approximate surface area is 340 Å². The van der Waals surface area contributed by atoms with E-state index >= 15 is 0 Å². The third-order valence-electron chi connectivity index (χ3n) is 12.6. The Hall–Kier alpha value is -7.16. The van der Waals surface area contributed by atoms with E-state index in [-0.39, 0.29) is 5.41 Å². The van der Waals surface area contributed by atoms with Crippen LogP contribution in [0, 0.1) is 0 Å². The Bertz CT molecular complexity index is 2910. The molecule has 0 saturated carbocycles. The maximum Gasteiger partial charge on any atom is 0.160 e. The molecular formula is C56H40N2. The van der Waals surface area contributed by atoms with Crippen LogP contribution in [0.1, 0.15) is 47.2 Å². The van der Waals surface area contributed by atoms with Gasteiger partial charge in [-0.3, -0.25) is 0 Å². The van der Waals surface area contributed by atoms with Gasteiger partial charge in [-0.1, -0.05) is 208 Å². The fourth-order valence-electron chi connectivity index (χ4n) is 9.92. The normalized spacial score (nSPS) is 14.0. The average Bonchev–Trinajstić information content (AvgIpc) is 3.60. The largest absolute Gasteiger partial charge is 0.228 e. The number of rotatable bonds is 5. The lowest BCUT2D eigenvalue weighted by Crippen LogP contribution is -2.40. The molecule has 8 aromatic carbocycles. The van der Waals surface area contributed by atoms with Gasteiger partial charge in [0.1, 0.15) is 0 Å². The van der Waals surface area contributed by atoms with Gasteiger partial charge >= 0.3 is 0 Å². The number of hydrogen-bond acceptors (Lipinski definition) is 2. The van der Waals surface area contributed by atoms with E-state index in [1.54, 1.807) is 0 Å². The SMILES string of the molecule is CC1(C)c2ccccc2C2(c3ccccc3-c3c(-c4ccc(-c5cccc(-c6cc(-c7ccccc7)nc(-c7ccccc7)n6)c5)cc4)cccc32)c2ccccc21. The van der Waals surface area contributed by atoms with Crippen molar-refractivity contribution in [2.75, 3.05) is 0 Å². The van der Waals surface area contributed by atoms with Gasteiger partial charge in [0.2, 0.25) is 0 Å². The molecular weight excluding hydrogens is 701 g/mol. The highest BCUT2D eigenvalue weighted by atomic mass is 14.9. The highest BCUT2D eigenvalue weighted by Gasteiger charge is 2.53. The summed E-state index contributed by atoms with van der Waals surface area (Å²) in [5, 5.41) is 0. The third kappa shape index (κ3) is 5.11. The second-order valence-corrected chi connectivity index (χ2v) is 16.1. The van der Waals surface area contributed by atoms with Crippen LogP contribution in [0.25, 0.3) is 67.3 Å². The summed E-state index contributed by atoms with van der Waals surface area (Å²) in [6.45, 7) is 4.76. The first-order valence-electron chi connectivity index (χ1n) is 20.2. The molecule has 0 saturated heterocycles. The molecule has 2 nitrogen and oxygen atoms in total. The van der Waals surface area contributed by atoms with Crippen LogP contribution in [-0.2, 0) is 10.8 Å². The van der Waals surface area contributed by atoms with Crippen LogP contribution < -0.4 is 0 Å². The molecule has 0 aliphatic heterocycles. The lowest BCUT2D eigenvalue weighted by Gasteiger charge is -2.46. The summed E-state index contributed by atoms with van der Waals surface area (Å²) >= 11 is 0. The summed E-state index contributed by atoms with van der Waals surface area (Å²) in [6.07, 6.45) is 0. The van der Waals surface area contributed by atoms with Crippen molar-refractivity contribution in [2.45, 2.75) is 24.7 Å². The molecule has 1 spiro atoms. The number of fused-ring (bicyclic) bond motifs is 9. The van der Waals surface area contributed by atoms with Gasteiger partial charge in [0.05, 0.1) is 16.8 Å². The van der Waals surface area contributed by atoms with Crippen LogP contribution in [0.3, 0.4) is 0 Å². The summed E-state index contributed by atoms with van der Waals surface area (Å²) in [5.74, 6) is 0.717. The summed E-state index contributed by atoms with van der Waals surface area (Å²) in [4.78, 5) is 10.1. The van der Waals surface area contributed by atoms with Crippen LogP contribution in [0.15, 0.2) is 206 Å². The standard InChI is InChI=1S/C56H40N2/c1-55(2)46-26-11-13-28-48(46)56(49-29-14-12-27-47(49)55)45-25-10-9-23-44(45)53-43(24-16-30-50(53)56)38-33-31-37(32-34-38)41-21-15-22-42(35-41)52-36-51(39-17-5-3-6-18-39)57-54(58-52)40-19-7-4-8-20-40/h3-36H,1-2H3. The number of hydrogen-bond donors (Lipinski definition) is 0. The fraction of sp³-hybridized carbons (Fsp3) is 0.0714. The zero-order chi connectivity index (χ0) is 38.8. The smallest absolute Gasteiger partial charge is 0.160 e. The molecule has 0 unspecified atom stereocenters. The molecule has 274 valence electrons. The second-order valence-electron chi connectivity index (χ2n) is 16.1. The summed E-state index contributed by atoms with van der Waals surface area (Å²) in [7, 11) is 0. The molecule has 2 aliphatic rings. The topological polar surface area (TPSA) is 25.8 Å². The zero-order valence-corrected chi connectivity index (χ0v) is 32.5. The second kappa shape index (κ2) is 13.2. The highest BCUT2D eigenvalue weighted by molar-refractivity contribution is 5.96. The first-order valence-corrected chi connectivity index (χ1v) is 20.2. The lowest BCUT2D eigenvalue weighted by atomic mass is 9.55. The van der Waals surface area contributed by atoms with Gasteiger partial charge in [0.25, 0.3) is 0 Å². The molecule has 0 radical (unpaired) electrons. The molecule has 0 bridgehead atoms. The molecule has 9 aromatic rings. The van der Waals surface area contributed by atoms with E-state index in [0.717, 1.165) is 45.0 Å². The van der Waals surface area contributed by atoms with Crippen molar-refractivity contribution in [3.05, 3.63) is 240 Å². The van der Waals surface area contributed by atoms with Crippen LogP contribution >= 0.6 is 0 Å². The monoisotopic (exact) mass is 740 g/mol. The molecule has 0 N–H and O–H groups in total. The third-order valence-corrected chi connectivity index (χ3v) is 12.6.